The Kier molecular flexibility index (Phi) is 6.06. The molecule has 0 fully saturated rings. The van der Waals surface area contributed by atoms with Crippen LogP contribution < -0.4 is 4.90 Å². The van der Waals surface area contributed by atoms with Gasteiger partial charge in [0.1, 0.15) is 6.61 Å². The molecule has 0 bridgehead atoms. The van der Waals surface area contributed by atoms with Gasteiger partial charge in [-0.15, -0.1) is 0 Å². The number of amides is 1. The number of ether oxygens (including phenoxy) is 1. The minimum Gasteiger partial charge on any atom is -0.444 e. The van der Waals surface area contributed by atoms with Gasteiger partial charge in [-0.2, -0.15) is 0 Å². The van der Waals surface area contributed by atoms with E-state index in [0.717, 1.165) is 17.2 Å². The average molecular weight is 493 g/mol. The monoisotopic (exact) mass is 491 g/mol. The lowest BCUT2D eigenvalue weighted by molar-refractivity contribution is 0.143. The van der Waals surface area contributed by atoms with Gasteiger partial charge in [0.05, 0.1) is 16.2 Å². The van der Waals surface area contributed by atoms with Crippen LogP contribution in [0.4, 0.5) is 19.3 Å². The van der Waals surface area contributed by atoms with Gasteiger partial charge < -0.3 is 4.74 Å². The van der Waals surface area contributed by atoms with E-state index in [1.54, 1.807) is 12.1 Å². The van der Waals surface area contributed by atoms with Crippen molar-refractivity contribution in [2.75, 3.05) is 4.90 Å². The van der Waals surface area contributed by atoms with Gasteiger partial charge in [-0.05, 0) is 57.6 Å². The lowest BCUT2D eigenvalue weighted by Crippen LogP contribution is -2.39. The molecule has 1 amide bonds. The molecule has 0 spiro atoms. The Hall–Kier alpha value is -2.44. The minimum absolute atomic E-state index is 0.0576. The summed E-state index contributed by atoms with van der Waals surface area (Å²) < 4.78 is 33.8. The number of anilines is 1. The molecule has 0 aliphatic carbocycles. The van der Waals surface area contributed by atoms with Gasteiger partial charge in [-0.1, -0.05) is 60.1 Å². The summed E-state index contributed by atoms with van der Waals surface area (Å²) in [6.45, 7) is 0.0576. The highest BCUT2D eigenvalue weighted by molar-refractivity contribution is 9.10. The average Bonchev–Trinajstić information content (AvgIpc) is 2.76. The molecule has 0 aromatic heterocycles. The quantitative estimate of drug-likeness (QED) is 0.362. The summed E-state index contributed by atoms with van der Waals surface area (Å²) >= 11 is 9.54. The Morgan fingerprint density at radius 2 is 1.83 bits per heavy atom. The Morgan fingerprint density at radius 1 is 1.13 bits per heavy atom. The lowest BCUT2D eigenvalue weighted by atomic mass is 9.91. The predicted molar refractivity (Wildman–Crippen MR) is 116 cm³/mol. The van der Waals surface area contributed by atoms with Crippen molar-refractivity contribution in [2.45, 2.75) is 25.5 Å². The molecule has 0 saturated heterocycles. The highest BCUT2D eigenvalue weighted by Gasteiger charge is 2.37. The van der Waals surface area contributed by atoms with Crippen molar-refractivity contribution < 1.29 is 18.3 Å². The molecule has 1 unspecified atom stereocenters. The van der Waals surface area contributed by atoms with E-state index in [-0.39, 0.29) is 16.8 Å². The predicted octanol–water partition coefficient (Wildman–Crippen LogP) is 7.21. The van der Waals surface area contributed by atoms with E-state index in [9.17, 15) is 13.6 Å². The first-order valence-corrected chi connectivity index (χ1v) is 10.5. The summed E-state index contributed by atoms with van der Waals surface area (Å²) in [7, 11) is 0. The molecule has 7 heteroatoms. The molecule has 4 rings (SSSR count). The van der Waals surface area contributed by atoms with Gasteiger partial charge in [-0.3, -0.25) is 4.90 Å². The zero-order valence-corrected chi connectivity index (χ0v) is 18.1. The van der Waals surface area contributed by atoms with Crippen molar-refractivity contribution in [1.82, 2.24) is 0 Å². The van der Waals surface area contributed by atoms with Crippen molar-refractivity contribution in [3.05, 3.63) is 98.5 Å². The van der Waals surface area contributed by atoms with E-state index < -0.39 is 23.8 Å². The molecule has 1 aliphatic rings. The van der Waals surface area contributed by atoms with Crippen LogP contribution in [0, 0.1) is 11.6 Å². The summed E-state index contributed by atoms with van der Waals surface area (Å²) in [5.74, 6) is -2.01. The molecule has 0 radical (unpaired) electrons. The number of halogens is 4. The third-order valence-electron chi connectivity index (χ3n) is 5.12. The van der Waals surface area contributed by atoms with E-state index in [1.807, 2.05) is 42.5 Å². The summed E-state index contributed by atoms with van der Waals surface area (Å²) in [6, 6.07) is 17.1. The number of hydrogen-bond donors (Lipinski definition) is 0. The number of carbonyl (C=O) groups is 1. The number of carbonyl (C=O) groups excluding carboxylic acids is 1. The first kappa shape index (κ1) is 20.8. The maximum absolute atomic E-state index is 14.4. The van der Waals surface area contributed by atoms with Gasteiger partial charge in [-0.25, -0.2) is 13.6 Å². The summed E-state index contributed by atoms with van der Waals surface area (Å²) in [6.07, 6.45) is 0.300. The molecule has 1 aliphatic heterocycles. The molecule has 0 saturated carbocycles. The number of rotatable bonds is 3. The van der Waals surface area contributed by atoms with Gasteiger partial charge >= 0.3 is 6.09 Å². The Balaban J connectivity index is 1.76. The molecule has 30 heavy (non-hydrogen) atoms. The second-order valence-corrected chi connectivity index (χ2v) is 8.18. The SMILES string of the molecule is O=C(OCc1ccccc1)N1c2c(cc(F)c(F)c2Br)CCC1c1ccccc1Cl. The van der Waals surface area contributed by atoms with E-state index in [1.165, 1.54) is 4.90 Å². The van der Waals surface area contributed by atoms with Crippen molar-refractivity contribution >= 4 is 39.3 Å². The van der Waals surface area contributed by atoms with Crippen LogP contribution in [0.5, 0.6) is 0 Å². The number of nitrogens with zero attached hydrogens (tertiary/aromatic N) is 1. The smallest absolute Gasteiger partial charge is 0.415 e. The standard InChI is InChI=1S/C23H17BrClF2NO2/c24-20-21(27)18(26)12-15-10-11-19(16-8-4-5-9-17(16)25)28(22(15)20)23(29)30-13-14-6-2-1-3-7-14/h1-9,12,19H,10-11,13H2. The maximum atomic E-state index is 14.4. The molecule has 0 N–H and O–H groups in total. The molecular formula is C23H17BrClF2NO2. The lowest BCUT2D eigenvalue weighted by Gasteiger charge is -2.37. The van der Waals surface area contributed by atoms with Crippen LogP contribution in [-0.2, 0) is 17.8 Å². The molecule has 1 heterocycles. The fourth-order valence-corrected chi connectivity index (χ4v) is 4.61. The largest absolute Gasteiger partial charge is 0.444 e. The van der Waals surface area contributed by atoms with Crippen LogP contribution in [0.3, 0.4) is 0 Å². The zero-order valence-electron chi connectivity index (χ0n) is 15.7. The third-order valence-corrected chi connectivity index (χ3v) is 6.19. The number of hydrogen-bond acceptors (Lipinski definition) is 2. The van der Waals surface area contributed by atoms with Crippen molar-refractivity contribution in [3.8, 4) is 0 Å². The van der Waals surface area contributed by atoms with Crippen LogP contribution in [0.15, 0.2) is 65.1 Å². The van der Waals surface area contributed by atoms with Gasteiger partial charge in [0.15, 0.2) is 11.6 Å². The number of aryl methyl sites for hydroxylation is 1. The summed E-state index contributed by atoms with van der Waals surface area (Å²) in [5.41, 5.74) is 2.34. The highest BCUT2D eigenvalue weighted by Crippen LogP contribution is 2.46. The van der Waals surface area contributed by atoms with Gasteiger partial charge in [0, 0.05) is 5.02 Å². The normalized spacial score (nSPS) is 15.6. The van der Waals surface area contributed by atoms with E-state index >= 15 is 0 Å². The van der Waals surface area contributed by atoms with Crippen LogP contribution in [0.25, 0.3) is 0 Å². The zero-order chi connectivity index (χ0) is 21.3. The second-order valence-electron chi connectivity index (χ2n) is 6.98. The van der Waals surface area contributed by atoms with E-state index in [2.05, 4.69) is 15.9 Å². The molecule has 3 aromatic rings. The Labute approximate surface area is 186 Å². The minimum atomic E-state index is -1.05. The van der Waals surface area contributed by atoms with Crippen molar-refractivity contribution in [2.24, 2.45) is 0 Å². The fraction of sp³-hybridized carbons (Fsp3) is 0.174. The number of benzene rings is 3. The van der Waals surface area contributed by atoms with Crippen LogP contribution >= 0.6 is 27.5 Å². The van der Waals surface area contributed by atoms with Crippen molar-refractivity contribution in [3.63, 3.8) is 0 Å². The van der Waals surface area contributed by atoms with E-state index in [0.29, 0.717) is 23.4 Å². The van der Waals surface area contributed by atoms with Gasteiger partial charge in [0.25, 0.3) is 0 Å². The molecular weight excluding hydrogens is 476 g/mol. The van der Waals surface area contributed by atoms with Crippen LogP contribution in [0.1, 0.15) is 29.2 Å². The first-order chi connectivity index (χ1) is 14.5. The summed E-state index contributed by atoms with van der Waals surface area (Å²) in [4.78, 5) is 14.6. The molecule has 3 aromatic carbocycles. The Morgan fingerprint density at radius 3 is 2.57 bits per heavy atom. The molecule has 154 valence electrons. The van der Waals surface area contributed by atoms with Crippen LogP contribution in [-0.4, -0.2) is 6.09 Å². The number of fused-ring (bicyclic) bond motifs is 1. The topological polar surface area (TPSA) is 29.5 Å². The molecule has 1 atom stereocenters. The summed E-state index contributed by atoms with van der Waals surface area (Å²) in [5, 5.41) is 0.491. The maximum Gasteiger partial charge on any atom is 0.415 e. The first-order valence-electron chi connectivity index (χ1n) is 9.38. The van der Waals surface area contributed by atoms with E-state index in [4.69, 9.17) is 16.3 Å². The molecule has 3 nitrogen and oxygen atoms in total. The second kappa shape index (κ2) is 8.74. The third kappa shape index (κ3) is 3.94. The van der Waals surface area contributed by atoms with Crippen molar-refractivity contribution in [1.29, 1.82) is 0 Å². The fourth-order valence-electron chi connectivity index (χ4n) is 3.71. The Bertz CT molecular complexity index is 1090. The van der Waals surface area contributed by atoms with Gasteiger partial charge in [0.2, 0.25) is 0 Å². The van der Waals surface area contributed by atoms with Crippen LogP contribution in [0.2, 0.25) is 5.02 Å². The highest BCUT2D eigenvalue weighted by atomic mass is 79.9.